The largest absolute Gasteiger partial charge is 0.482 e. The van der Waals surface area contributed by atoms with E-state index < -0.39 is 11.2 Å². The first kappa shape index (κ1) is 23.4. The van der Waals surface area contributed by atoms with Gasteiger partial charge in [0.15, 0.2) is 0 Å². The zero-order valence-electron chi connectivity index (χ0n) is 22.8. The average Bonchev–Trinajstić information content (AvgIpc) is 3.50. The second-order valence-corrected chi connectivity index (χ2v) is 11.8. The molecule has 2 aromatic heterocycles. The van der Waals surface area contributed by atoms with Gasteiger partial charge in [-0.3, -0.25) is 0 Å². The molecule has 1 aliphatic heterocycles. The number of aliphatic hydroxyl groups is 1. The van der Waals surface area contributed by atoms with Gasteiger partial charge < -0.3 is 18.7 Å². The summed E-state index contributed by atoms with van der Waals surface area (Å²) in [6, 6.07) is 30.7. The third kappa shape index (κ3) is 3.17. The van der Waals surface area contributed by atoms with Gasteiger partial charge in [0.1, 0.15) is 33.7 Å². The summed E-state index contributed by atoms with van der Waals surface area (Å²) in [5, 5.41) is 15.8. The third-order valence-electron chi connectivity index (χ3n) is 8.30. The summed E-state index contributed by atoms with van der Waals surface area (Å²) in [4.78, 5) is 0. The van der Waals surface area contributed by atoms with Gasteiger partial charge in [-0.05, 0) is 92.4 Å². The maximum atomic E-state index is 11.6. The van der Waals surface area contributed by atoms with Gasteiger partial charge >= 0.3 is 0 Å². The van der Waals surface area contributed by atoms with Gasteiger partial charge in [-0.15, -0.1) is 0 Å². The molecule has 0 radical (unpaired) electrons. The Morgan fingerprint density at radius 2 is 1.25 bits per heavy atom. The average molecular weight is 525 g/mol. The molecule has 4 heteroatoms. The van der Waals surface area contributed by atoms with Crippen LogP contribution in [0.3, 0.4) is 0 Å². The molecule has 1 aliphatic rings. The highest BCUT2D eigenvalue weighted by Crippen LogP contribution is 2.53. The van der Waals surface area contributed by atoms with Crippen LogP contribution in [0.15, 0.2) is 99.8 Å². The van der Waals surface area contributed by atoms with E-state index >= 15 is 0 Å². The second kappa shape index (κ2) is 7.77. The number of benzene rings is 5. The van der Waals surface area contributed by atoms with Crippen molar-refractivity contribution in [2.75, 3.05) is 0 Å². The first-order chi connectivity index (χ1) is 19.2. The Balaban J connectivity index is 1.51. The van der Waals surface area contributed by atoms with Crippen molar-refractivity contribution < 1.29 is 18.7 Å². The highest BCUT2D eigenvalue weighted by atomic mass is 16.5. The molecule has 0 saturated heterocycles. The van der Waals surface area contributed by atoms with E-state index in [2.05, 4.69) is 44.2 Å². The SMILES string of the molecule is CC(C)(O)c1cc2c(cc1-c1cccc3oc4ccccc4c13)C(C)(C)Oc1ccc3oc4ccccc4c3c1-2. The lowest BCUT2D eigenvalue weighted by Gasteiger charge is -2.37. The molecule has 4 nitrogen and oxygen atoms in total. The van der Waals surface area contributed by atoms with E-state index in [9.17, 15) is 5.11 Å². The topological polar surface area (TPSA) is 55.7 Å². The number of furan rings is 2. The van der Waals surface area contributed by atoms with E-state index in [-0.39, 0.29) is 0 Å². The van der Waals surface area contributed by atoms with Crippen LogP contribution < -0.4 is 4.74 Å². The summed E-state index contributed by atoms with van der Waals surface area (Å²) >= 11 is 0. The maximum absolute atomic E-state index is 11.6. The van der Waals surface area contributed by atoms with E-state index in [1.165, 1.54) is 0 Å². The Morgan fingerprint density at radius 3 is 1.95 bits per heavy atom. The normalized spacial score (nSPS) is 14.5. The Labute approximate surface area is 231 Å². The van der Waals surface area contributed by atoms with Crippen molar-refractivity contribution in [3.8, 4) is 28.0 Å². The van der Waals surface area contributed by atoms with E-state index in [0.717, 1.165) is 83.0 Å². The first-order valence-corrected chi connectivity index (χ1v) is 13.7. The minimum Gasteiger partial charge on any atom is -0.482 e. The van der Waals surface area contributed by atoms with E-state index in [1.807, 2.05) is 74.5 Å². The minimum atomic E-state index is -1.11. The fourth-order valence-corrected chi connectivity index (χ4v) is 6.51. The highest BCUT2D eigenvalue weighted by Gasteiger charge is 2.37. The van der Waals surface area contributed by atoms with Crippen molar-refractivity contribution in [3.63, 3.8) is 0 Å². The van der Waals surface area contributed by atoms with Crippen molar-refractivity contribution >= 4 is 43.9 Å². The fourth-order valence-electron chi connectivity index (χ4n) is 6.51. The zero-order valence-corrected chi connectivity index (χ0v) is 22.8. The zero-order chi connectivity index (χ0) is 27.4. The van der Waals surface area contributed by atoms with Gasteiger partial charge in [0.25, 0.3) is 0 Å². The van der Waals surface area contributed by atoms with Crippen LogP contribution in [-0.2, 0) is 11.2 Å². The molecule has 7 aromatic rings. The standard InChI is InChI=1S/C36H28O4/c1-35(2,37)25-19-24-26(18-23(25)20-12-9-15-29-32(20)21-10-5-7-13-27(21)38-29)36(3,4)40-31-17-16-30-33(34(24)31)22-11-6-8-14-28(22)39-30/h5-19,37H,1-4H3. The Hall–Kier alpha value is -4.54. The van der Waals surface area contributed by atoms with Crippen molar-refractivity contribution in [2.45, 2.75) is 38.9 Å². The lowest BCUT2D eigenvalue weighted by atomic mass is 9.78. The predicted octanol–water partition coefficient (Wildman–Crippen LogP) is 9.67. The van der Waals surface area contributed by atoms with Gasteiger partial charge in [-0.25, -0.2) is 0 Å². The molecular weight excluding hydrogens is 496 g/mol. The number of hydrogen-bond acceptors (Lipinski definition) is 4. The predicted molar refractivity (Wildman–Crippen MR) is 161 cm³/mol. The van der Waals surface area contributed by atoms with E-state index in [1.54, 1.807) is 0 Å². The molecule has 0 saturated carbocycles. The van der Waals surface area contributed by atoms with Gasteiger partial charge in [0.05, 0.1) is 5.60 Å². The van der Waals surface area contributed by atoms with Gasteiger partial charge in [-0.1, -0.05) is 48.5 Å². The number of hydrogen-bond donors (Lipinski definition) is 1. The van der Waals surface area contributed by atoms with Crippen LogP contribution in [0.1, 0.15) is 38.8 Å². The number of rotatable bonds is 2. The summed E-state index contributed by atoms with van der Waals surface area (Å²) in [5.41, 5.74) is 7.56. The number of ether oxygens (including phenoxy) is 1. The van der Waals surface area contributed by atoms with E-state index in [0.29, 0.717) is 0 Å². The molecule has 0 unspecified atom stereocenters. The number of fused-ring (bicyclic) bond motifs is 10. The van der Waals surface area contributed by atoms with Crippen LogP contribution in [0.5, 0.6) is 5.75 Å². The summed E-state index contributed by atoms with van der Waals surface area (Å²) in [5.74, 6) is 0.814. The molecule has 0 spiro atoms. The van der Waals surface area contributed by atoms with Crippen molar-refractivity contribution in [3.05, 3.63) is 102 Å². The van der Waals surface area contributed by atoms with Gasteiger partial charge in [-0.2, -0.15) is 0 Å². The lowest BCUT2D eigenvalue weighted by molar-refractivity contribution is 0.0785. The van der Waals surface area contributed by atoms with Crippen molar-refractivity contribution in [2.24, 2.45) is 0 Å². The van der Waals surface area contributed by atoms with Crippen LogP contribution in [0.25, 0.3) is 66.1 Å². The molecule has 0 aliphatic carbocycles. The Kier molecular flexibility index (Phi) is 4.54. The minimum absolute atomic E-state index is 0.602. The lowest BCUT2D eigenvalue weighted by Crippen LogP contribution is -2.30. The molecule has 0 amide bonds. The summed E-state index contributed by atoms with van der Waals surface area (Å²) in [6.45, 7) is 7.91. The van der Waals surface area contributed by atoms with Crippen molar-refractivity contribution in [1.82, 2.24) is 0 Å². The Morgan fingerprint density at radius 1 is 0.625 bits per heavy atom. The van der Waals surface area contributed by atoms with Crippen LogP contribution in [0.2, 0.25) is 0 Å². The molecule has 3 heterocycles. The maximum Gasteiger partial charge on any atom is 0.136 e. The fraction of sp³-hybridized carbons (Fsp3) is 0.167. The summed E-state index contributed by atoms with van der Waals surface area (Å²) < 4.78 is 19.2. The third-order valence-corrected chi connectivity index (χ3v) is 8.30. The highest BCUT2D eigenvalue weighted by molar-refractivity contribution is 6.16. The molecule has 0 atom stereocenters. The van der Waals surface area contributed by atoms with Gasteiger partial charge in [0, 0.05) is 32.7 Å². The molecule has 5 aromatic carbocycles. The molecule has 0 bridgehead atoms. The number of para-hydroxylation sites is 2. The molecule has 196 valence electrons. The quantitative estimate of drug-likeness (QED) is 0.245. The second-order valence-electron chi connectivity index (χ2n) is 11.8. The molecule has 8 rings (SSSR count). The first-order valence-electron chi connectivity index (χ1n) is 13.7. The Bertz CT molecular complexity index is 2130. The van der Waals surface area contributed by atoms with Crippen LogP contribution in [0.4, 0.5) is 0 Å². The van der Waals surface area contributed by atoms with Crippen LogP contribution in [0, 0.1) is 0 Å². The van der Waals surface area contributed by atoms with Gasteiger partial charge in [0.2, 0.25) is 0 Å². The summed E-state index contributed by atoms with van der Waals surface area (Å²) in [7, 11) is 0. The monoisotopic (exact) mass is 524 g/mol. The molecular formula is C36H28O4. The van der Waals surface area contributed by atoms with Crippen LogP contribution in [-0.4, -0.2) is 5.11 Å². The summed E-state index contributed by atoms with van der Waals surface area (Å²) in [6.07, 6.45) is 0. The molecule has 0 fully saturated rings. The van der Waals surface area contributed by atoms with Crippen molar-refractivity contribution in [1.29, 1.82) is 0 Å². The molecule has 40 heavy (non-hydrogen) atoms. The smallest absolute Gasteiger partial charge is 0.136 e. The van der Waals surface area contributed by atoms with E-state index in [4.69, 9.17) is 13.6 Å². The van der Waals surface area contributed by atoms with Crippen LogP contribution >= 0.6 is 0 Å². The molecule has 1 N–H and O–H groups in total.